The second kappa shape index (κ2) is 13.2. The van der Waals surface area contributed by atoms with E-state index >= 15 is 0 Å². The Kier molecular flexibility index (Phi) is 10.0. The van der Waals surface area contributed by atoms with E-state index in [0.717, 1.165) is 28.7 Å². The normalized spacial score (nSPS) is 11.3. The summed E-state index contributed by atoms with van der Waals surface area (Å²) in [5.41, 5.74) is 10.9. The zero-order valence-corrected chi connectivity index (χ0v) is 25.1. The van der Waals surface area contributed by atoms with Crippen molar-refractivity contribution < 1.29 is 14.3 Å². The molecule has 0 saturated carbocycles. The summed E-state index contributed by atoms with van der Waals surface area (Å²) < 4.78 is 7.98. The van der Waals surface area contributed by atoms with Crippen molar-refractivity contribution in [2.24, 2.45) is 0 Å². The molecule has 3 aromatic heterocycles. The largest absolute Gasteiger partial charge is 0.493 e. The summed E-state index contributed by atoms with van der Waals surface area (Å²) in [5, 5.41) is 5.92. The van der Waals surface area contributed by atoms with Crippen LogP contribution in [0.2, 0.25) is 5.02 Å². The highest BCUT2D eigenvalue weighted by Crippen LogP contribution is 2.43. The molecule has 4 aromatic rings. The van der Waals surface area contributed by atoms with Gasteiger partial charge in [0.05, 0.1) is 23.7 Å². The number of hydrogen-bond donors (Lipinski definition) is 1. The minimum atomic E-state index is -0.323. The fraction of sp³-hybridized carbons (Fsp3) is 0.310. The van der Waals surface area contributed by atoms with Crippen molar-refractivity contribution in [3.05, 3.63) is 64.8 Å². The Balaban J connectivity index is 0.000000850. The van der Waals surface area contributed by atoms with Gasteiger partial charge in [-0.3, -0.25) is 14.6 Å². The van der Waals surface area contributed by atoms with E-state index in [9.17, 15) is 9.59 Å². The van der Waals surface area contributed by atoms with Crippen LogP contribution in [0.1, 0.15) is 47.2 Å². The van der Waals surface area contributed by atoms with E-state index in [1.807, 2.05) is 32.9 Å². The summed E-state index contributed by atoms with van der Waals surface area (Å²) in [7, 11) is 6.75. The number of nitrogens with two attached hydrogens (primary N) is 1. The van der Waals surface area contributed by atoms with E-state index in [4.69, 9.17) is 27.2 Å². The van der Waals surface area contributed by atoms with Crippen LogP contribution in [0.15, 0.2) is 37.3 Å². The number of ether oxygens (including phenoxy) is 1. The number of fused-ring (bicyclic) bond motifs is 1. The monoisotopic (exact) mass is 578 g/mol. The molecular weight excluding hydrogens is 544 g/mol. The van der Waals surface area contributed by atoms with Crippen molar-refractivity contribution in [2.75, 3.05) is 40.5 Å². The number of nitrogen functional groups attached to an aromatic ring is 1. The summed E-state index contributed by atoms with van der Waals surface area (Å²) in [6.07, 6.45) is 5.46. The Morgan fingerprint density at radius 1 is 1.22 bits per heavy atom. The average Bonchev–Trinajstić information content (AvgIpc) is 3.35. The van der Waals surface area contributed by atoms with E-state index in [2.05, 4.69) is 21.5 Å². The van der Waals surface area contributed by atoms with Gasteiger partial charge in [-0.15, -0.1) is 0 Å². The summed E-state index contributed by atoms with van der Waals surface area (Å²) in [6, 6.07) is 5.12. The lowest BCUT2D eigenvalue weighted by atomic mass is 9.94. The Hall–Kier alpha value is -4.51. The molecule has 216 valence electrons. The van der Waals surface area contributed by atoms with Crippen LogP contribution in [0.4, 0.5) is 5.82 Å². The fourth-order valence-corrected chi connectivity index (χ4v) is 4.38. The lowest BCUT2D eigenvalue weighted by molar-refractivity contribution is -0.115. The highest BCUT2D eigenvalue weighted by atomic mass is 35.5. The number of rotatable bonds is 8. The number of anilines is 1. The van der Waals surface area contributed by atoms with Gasteiger partial charge in [-0.05, 0) is 44.5 Å². The minimum absolute atomic E-state index is 0.173. The van der Waals surface area contributed by atoms with Gasteiger partial charge in [-0.2, -0.15) is 5.10 Å². The molecule has 2 N–H and O–H groups in total. The van der Waals surface area contributed by atoms with Crippen molar-refractivity contribution in [1.82, 2.24) is 34.5 Å². The van der Waals surface area contributed by atoms with E-state index < -0.39 is 0 Å². The van der Waals surface area contributed by atoms with Crippen molar-refractivity contribution >= 4 is 46.8 Å². The smallest absolute Gasteiger partial charge is 0.271 e. The molecule has 1 atom stereocenters. The summed E-state index contributed by atoms with van der Waals surface area (Å²) in [4.78, 5) is 37.6. The molecule has 1 aromatic carbocycles. The number of carbonyl (C=O) groups is 2. The van der Waals surface area contributed by atoms with Crippen LogP contribution in [-0.4, -0.2) is 81.6 Å². The molecule has 11 nitrogen and oxygen atoms in total. The average molecular weight is 579 g/mol. The molecule has 1 unspecified atom stereocenters. The molecule has 3 heterocycles. The molecule has 2 amide bonds. The molecule has 0 bridgehead atoms. The quantitative estimate of drug-likeness (QED) is 0.302. The number of amides is 2. The highest BCUT2D eigenvalue weighted by Gasteiger charge is 2.26. The molecular formula is C29H35ClN8O3. The fourth-order valence-electron chi connectivity index (χ4n) is 4.17. The number of halogens is 1. The molecule has 0 aliphatic carbocycles. The molecule has 0 spiro atoms. The second-order valence-corrected chi connectivity index (χ2v) is 9.99. The third kappa shape index (κ3) is 6.46. The van der Waals surface area contributed by atoms with Gasteiger partial charge < -0.3 is 20.3 Å². The number of carbonyl (C=O) groups excluding carboxylic acids is 2. The van der Waals surface area contributed by atoms with Gasteiger partial charge in [0.2, 0.25) is 6.41 Å². The first-order valence-corrected chi connectivity index (χ1v) is 13.2. The zero-order valence-electron chi connectivity index (χ0n) is 24.3. The first kappa shape index (κ1) is 31.0. The lowest BCUT2D eigenvalue weighted by Crippen LogP contribution is -2.22. The van der Waals surface area contributed by atoms with Gasteiger partial charge in [0.15, 0.2) is 5.65 Å². The number of benzene rings is 1. The standard InChI is InChI=1S/C26H28ClN7O2.C3H7NO/c1-7-19-22-24(28)30-13-31-25(22)34(32-19)15(4)17-11-18(27)14(3)21(23(17)36-8-2)16-9-10-20(29-12-16)26(35)33(5)6;1-4(2)3-5/h7,9-13,15H,1,8H2,2-6H3,(H2,28,30,31);3H,1-2H3. The van der Waals surface area contributed by atoms with Crippen LogP contribution >= 0.6 is 11.6 Å². The summed E-state index contributed by atoms with van der Waals surface area (Å²) >= 11 is 6.74. The van der Waals surface area contributed by atoms with Crippen LogP contribution in [0.5, 0.6) is 5.75 Å². The van der Waals surface area contributed by atoms with Gasteiger partial charge in [-0.1, -0.05) is 24.2 Å². The van der Waals surface area contributed by atoms with Gasteiger partial charge >= 0.3 is 0 Å². The third-order valence-electron chi connectivity index (χ3n) is 6.24. The highest BCUT2D eigenvalue weighted by molar-refractivity contribution is 6.32. The molecule has 41 heavy (non-hydrogen) atoms. The van der Waals surface area contributed by atoms with E-state index in [1.54, 1.807) is 51.2 Å². The van der Waals surface area contributed by atoms with Crippen LogP contribution in [0, 0.1) is 6.92 Å². The molecule has 0 aliphatic rings. The summed E-state index contributed by atoms with van der Waals surface area (Å²) in [6.45, 7) is 10.1. The summed E-state index contributed by atoms with van der Waals surface area (Å²) in [5.74, 6) is 0.819. The molecule has 4 rings (SSSR count). The maximum Gasteiger partial charge on any atom is 0.271 e. The van der Waals surface area contributed by atoms with Crippen molar-refractivity contribution in [1.29, 1.82) is 0 Å². The van der Waals surface area contributed by atoms with Crippen LogP contribution in [0.3, 0.4) is 0 Å². The maximum absolute atomic E-state index is 12.3. The molecule has 12 heteroatoms. The number of aromatic nitrogens is 5. The first-order valence-electron chi connectivity index (χ1n) is 12.8. The van der Waals surface area contributed by atoms with Crippen molar-refractivity contribution in [3.8, 4) is 16.9 Å². The first-order chi connectivity index (χ1) is 19.5. The van der Waals surface area contributed by atoms with Gasteiger partial charge in [0, 0.05) is 56.1 Å². The zero-order chi connectivity index (χ0) is 30.4. The number of nitrogens with zero attached hydrogens (tertiary/aromatic N) is 7. The topological polar surface area (TPSA) is 132 Å². The molecule has 0 saturated heterocycles. The Morgan fingerprint density at radius 2 is 1.90 bits per heavy atom. The Morgan fingerprint density at radius 3 is 2.44 bits per heavy atom. The van der Waals surface area contributed by atoms with E-state index in [-0.39, 0.29) is 11.9 Å². The van der Waals surface area contributed by atoms with Crippen molar-refractivity contribution in [2.45, 2.75) is 26.8 Å². The second-order valence-electron chi connectivity index (χ2n) is 9.58. The SMILES string of the molecule is C=Cc1nn(C(C)c2cc(Cl)c(C)c(-c3ccc(C(=O)N(C)C)nc3)c2OCC)c2ncnc(N)c12.CN(C)C=O. The number of pyridine rings is 1. The predicted molar refractivity (Wildman–Crippen MR) is 162 cm³/mol. The third-order valence-corrected chi connectivity index (χ3v) is 6.63. The van der Waals surface area contributed by atoms with Gasteiger partial charge in [0.1, 0.15) is 23.6 Å². The Labute approximate surface area is 244 Å². The van der Waals surface area contributed by atoms with Gasteiger partial charge in [0.25, 0.3) is 5.91 Å². The molecule has 0 aliphatic heterocycles. The lowest BCUT2D eigenvalue weighted by Gasteiger charge is -2.23. The minimum Gasteiger partial charge on any atom is -0.493 e. The van der Waals surface area contributed by atoms with E-state index in [1.165, 1.54) is 16.1 Å². The Bertz CT molecular complexity index is 1570. The van der Waals surface area contributed by atoms with Gasteiger partial charge in [-0.25, -0.2) is 14.6 Å². The van der Waals surface area contributed by atoms with Crippen LogP contribution in [-0.2, 0) is 4.79 Å². The molecule has 0 fully saturated rings. The predicted octanol–water partition coefficient (Wildman–Crippen LogP) is 4.49. The number of hydrogen-bond acceptors (Lipinski definition) is 8. The van der Waals surface area contributed by atoms with Crippen LogP contribution in [0.25, 0.3) is 28.2 Å². The molecule has 0 radical (unpaired) electrons. The van der Waals surface area contributed by atoms with Crippen molar-refractivity contribution in [3.63, 3.8) is 0 Å². The van der Waals surface area contributed by atoms with Crippen LogP contribution < -0.4 is 10.5 Å². The maximum atomic E-state index is 12.3. The van der Waals surface area contributed by atoms with E-state index in [0.29, 0.717) is 45.6 Å².